The fraction of sp³-hybridized carbons (Fsp3) is 0.412. The van der Waals surface area contributed by atoms with E-state index in [2.05, 4.69) is 17.2 Å². The molecule has 0 amide bonds. The molecule has 0 spiro atoms. The third-order valence-electron chi connectivity index (χ3n) is 4.32. The minimum absolute atomic E-state index is 0.204. The maximum atomic E-state index is 12.9. The van der Waals surface area contributed by atoms with Crippen LogP contribution in [-0.2, 0) is 0 Å². The lowest BCUT2D eigenvalue weighted by atomic mass is 9.76. The lowest BCUT2D eigenvalue weighted by molar-refractivity contribution is 0.0802. The van der Waals surface area contributed by atoms with E-state index >= 15 is 0 Å². The number of nitrogens with one attached hydrogen (secondary N) is 1. The molecule has 1 fully saturated rings. The highest BCUT2D eigenvalue weighted by atomic mass is 16.1. The van der Waals surface area contributed by atoms with Crippen LogP contribution in [0, 0.1) is 5.41 Å². The van der Waals surface area contributed by atoms with Crippen molar-refractivity contribution in [1.29, 1.82) is 0 Å². The highest BCUT2D eigenvalue weighted by molar-refractivity contribution is 6.03. The fourth-order valence-corrected chi connectivity index (χ4v) is 3.27. The van der Waals surface area contributed by atoms with E-state index in [1.165, 1.54) is 0 Å². The maximum Gasteiger partial charge on any atom is 0.170 e. The lowest BCUT2D eigenvalue weighted by Crippen LogP contribution is -2.33. The van der Waals surface area contributed by atoms with Crippen LogP contribution in [0.4, 0.5) is 0 Å². The molecule has 3 heteroatoms. The van der Waals surface area contributed by atoms with Gasteiger partial charge >= 0.3 is 0 Å². The summed E-state index contributed by atoms with van der Waals surface area (Å²) in [7, 11) is 0. The molecular formula is C17H20N2O. The Balaban J connectivity index is 1.98. The van der Waals surface area contributed by atoms with Gasteiger partial charge in [-0.05, 0) is 43.7 Å². The van der Waals surface area contributed by atoms with Crippen molar-refractivity contribution >= 4 is 16.7 Å². The van der Waals surface area contributed by atoms with Crippen molar-refractivity contribution in [2.24, 2.45) is 5.41 Å². The second kappa shape index (κ2) is 5.33. The zero-order chi connectivity index (χ0) is 14.0. The van der Waals surface area contributed by atoms with Crippen molar-refractivity contribution in [3.05, 3.63) is 42.1 Å². The van der Waals surface area contributed by atoms with E-state index in [4.69, 9.17) is 0 Å². The average Bonchev–Trinajstić information content (AvgIpc) is 2.96. The number of ketones is 1. The fourth-order valence-electron chi connectivity index (χ4n) is 3.27. The van der Waals surface area contributed by atoms with E-state index in [0.717, 1.165) is 48.8 Å². The van der Waals surface area contributed by atoms with Gasteiger partial charge in [0.05, 0.1) is 5.52 Å². The van der Waals surface area contributed by atoms with E-state index < -0.39 is 0 Å². The minimum atomic E-state index is -0.204. The molecule has 2 aromatic rings. The van der Waals surface area contributed by atoms with E-state index in [9.17, 15) is 4.79 Å². The highest BCUT2D eigenvalue weighted by Crippen LogP contribution is 2.35. The number of fused-ring (bicyclic) bond motifs is 1. The largest absolute Gasteiger partial charge is 0.316 e. The number of hydrogen-bond donors (Lipinski definition) is 1. The Morgan fingerprint density at radius 2 is 2.30 bits per heavy atom. The molecule has 3 nitrogen and oxygen atoms in total. The molecule has 0 aliphatic carbocycles. The summed E-state index contributed by atoms with van der Waals surface area (Å²) in [5, 5.41) is 4.39. The van der Waals surface area contributed by atoms with Crippen LogP contribution in [0.25, 0.3) is 10.9 Å². The number of aromatic nitrogens is 1. The molecule has 1 aliphatic rings. The Bertz CT molecular complexity index is 630. The predicted molar refractivity (Wildman–Crippen MR) is 80.9 cm³/mol. The smallest absolute Gasteiger partial charge is 0.170 e. The summed E-state index contributed by atoms with van der Waals surface area (Å²) in [6.07, 6.45) is 4.74. The van der Waals surface area contributed by atoms with Crippen LogP contribution in [0.1, 0.15) is 36.5 Å². The molecule has 1 aliphatic heterocycles. The van der Waals surface area contributed by atoms with Gasteiger partial charge in [-0.3, -0.25) is 9.78 Å². The Morgan fingerprint density at radius 1 is 1.40 bits per heavy atom. The van der Waals surface area contributed by atoms with Gasteiger partial charge in [0.25, 0.3) is 0 Å². The normalized spacial score (nSPS) is 22.2. The van der Waals surface area contributed by atoms with Crippen LogP contribution in [-0.4, -0.2) is 23.9 Å². The van der Waals surface area contributed by atoms with Crippen molar-refractivity contribution < 1.29 is 4.79 Å². The molecule has 0 saturated carbocycles. The molecule has 0 radical (unpaired) electrons. The highest BCUT2D eigenvalue weighted by Gasteiger charge is 2.40. The summed E-state index contributed by atoms with van der Waals surface area (Å²) in [5.74, 6) is 0.287. The lowest BCUT2D eigenvalue weighted by Gasteiger charge is -2.26. The van der Waals surface area contributed by atoms with E-state index in [1.807, 2.05) is 30.3 Å². The zero-order valence-corrected chi connectivity index (χ0v) is 11.9. The van der Waals surface area contributed by atoms with Gasteiger partial charge in [-0.15, -0.1) is 0 Å². The molecular weight excluding hydrogens is 248 g/mol. The third-order valence-corrected chi connectivity index (χ3v) is 4.32. The number of benzene rings is 1. The second-order valence-corrected chi connectivity index (χ2v) is 5.70. The first-order chi connectivity index (χ1) is 9.75. The van der Waals surface area contributed by atoms with Crippen LogP contribution in [0.3, 0.4) is 0 Å². The van der Waals surface area contributed by atoms with Crippen LogP contribution < -0.4 is 5.32 Å². The van der Waals surface area contributed by atoms with Crippen LogP contribution in [0.5, 0.6) is 0 Å². The van der Waals surface area contributed by atoms with Crippen LogP contribution in [0.2, 0.25) is 0 Å². The molecule has 1 aromatic heterocycles. The summed E-state index contributed by atoms with van der Waals surface area (Å²) in [5.41, 5.74) is 1.56. The van der Waals surface area contributed by atoms with Gasteiger partial charge in [-0.2, -0.15) is 0 Å². The molecule has 20 heavy (non-hydrogen) atoms. The number of pyridine rings is 1. The number of Topliss-reactive ketones (excluding diaryl/α,β-unsaturated/α-hetero) is 1. The first kappa shape index (κ1) is 13.3. The number of carbonyl (C=O) groups excluding carboxylic acids is 1. The molecule has 1 aromatic carbocycles. The van der Waals surface area contributed by atoms with Gasteiger partial charge in [0.1, 0.15) is 0 Å². The minimum Gasteiger partial charge on any atom is -0.316 e. The van der Waals surface area contributed by atoms with E-state index in [0.29, 0.717) is 0 Å². The standard InChI is InChI=1S/C17H20N2O/c1-2-7-17(8-10-18-12-17)16(20)14-5-6-15-13(11-14)4-3-9-19-15/h3-6,9,11,18H,2,7-8,10,12H2,1H3. The topological polar surface area (TPSA) is 42.0 Å². The van der Waals surface area contributed by atoms with Crippen LogP contribution >= 0.6 is 0 Å². The Morgan fingerprint density at radius 3 is 3.05 bits per heavy atom. The molecule has 3 rings (SSSR count). The van der Waals surface area contributed by atoms with E-state index in [-0.39, 0.29) is 11.2 Å². The van der Waals surface area contributed by atoms with Gasteiger partial charge in [0.2, 0.25) is 0 Å². The Hall–Kier alpha value is -1.74. The molecule has 104 valence electrons. The first-order valence-corrected chi connectivity index (χ1v) is 7.35. The van der Waals surface area contributed by atoms with Gasteiger partial charge in [-0.1, -0.05) is 19.4 Å². The average molecular weight is 268 g/mol. The quantitative estimate of drug-likeness (QED) is 0.866. The maximum absolute atomic E-state index is 12.9. The summed E-state index contributed by atoms with van der Waals surface area (Å²) in [6, 6.07) is 9.78. The van der Waals surface area contributed by atoms with Crippen molar-refractivity contribution in [3.8, 4) is 0 Å². The molecule has 1 unspecified atom stereocenters. The van der Waals surface area contributed by atoms with Gasteiger partial charge in [-0.25, -0.2) is 0 Å². The zero-order valence-electron chi connectivity index (χ0n) is 11.9. The van der Waals surface area contributed by atoms with Gasteiger partial charge in [0.15, 0.2) is 5.78 Å². The summed E-state index contributed by atoms with van der Waals surface area (Å²) >= 11 is 0. The van der Waals surface area contributed by atoms with Crippen molar-refractivity contribution in [3.63, 3.8) is 0 Å². The number of carbonyl (C=O) groups is 1. The van der Waals surface area contributed by atoms with Crippen molar-refractivity contribution in [2.75, 3.05) is 13.1 Å². The number of nitrogens with zero attached hydrogens (tertiary/aromatic N) is 1. The summed E-state index contributed by atoms with van der Waals surface area (Å²) in [4.78, 5) is 17.3. The first-order valence-electron chi connectivity index (χ1n) is 7.35. The number of rotatable bonds is 4. The Kier molecular flexibility index (Phi) is 3.53. The molecule has 0 bridgehead atoms. The monoisotopic (exact) mass is 268 g/mol. The summed E-state index contributed by atoms with van der Waals surface area (Å²) < 4.78 is 0. The van der Waals surface area contributed by atoms with Crippen molar-refractivity contribution in [1.82, 2.24) is 10.3 Å². The third kappa shape index (κ3) is 2.22. The second-order valence-electron chi connectivity index (χ2n) is 5.70. The molecule has 1 atom stereocenters. The number of hydrogen-bond acceptors (Lipinski definition) is 3. The van der Waals surface area contributed by atoms with Crippen molar-refractivity contribution in [2.45, 2.75) is 26.2 Å². The van der Waals surface area contributed by atoms with Crippen LogP contribution in [0.15, 0.2) is 36.5 Å². The van der Waals surface area contributed by atoms with Gasteiger partial charge in [0, 0.05) is 29.1 Å². The van der Waals surface area contributed by atoms with Gasteiger partial charge < -0.3 is 5.32 Å². The Labute approximate surface area is 119 Å². The SMILES string of the molecule is CCCC1(C(=O)c2ccc3ncccc3c2)CCNC1. The van der Waals surface area contributed by atoms with E-state index in [1.54, 1.807) is 6.20 Å². The summed E-state index contributed by atoms with van der Waals surface area (Å²) in [6.45, 7) is 3.91. The molecule has 1 saturated heterocycles. The molecule has 2 heterocycles. The molecule has 1 N–H and O–H groups in total. The predicted octanol–water partition coefficient (Wildman–Crippen LogP) is 3.20.